The Labute approximate surface area is 171 Å². The van der Waals surface area contributed by atoms with Crippen molar-refractivity contribution in [3.05, 3.63) is 69.7 Å². The fourth-order valence-electron chi connectivity index (χ4n) is 3.67. The van der Waals surface area contributed by atoms with E-state index in [2.05, 4.69) is 15.9 Å². The van der Waals surface area contributed by atoms with Gasteiger partial charge in [0.1, 0.15) is 17.2 Å². The summed E-state index contributed by atoms with van der Waals surface area (Å²) in [6.45, 7) is 2.16. The van der Waals surface area contributed by atoms with E-state index in [9.17, 15) is 18.7 Å². The van der Waals surface area contributed by atoms with Crippen LogP contribution in [-0.4, -0.2) is 29.3 Å². The van der Waals surface area contributed by atoms with Crippen LogP contribution in [0.4, 0.5) is 13.6 Å². The van der Waals surface area contributed by atoms with E-state index >= 15 is 0 Å². The second-order valence-electron chi connectivity index (χ2n) is 6.98. The maximum Gasteiger partial charge on any atom is 0.411 e. The predicted octanol–water partition coefficient (Wildman–Crippen LogP) is 5.30. The molecule has 0 radical (unpaired) electrons. The number of halogens is 3. The normalized spacial score (nSPS) is 20.8. The van der Waals surface area contributed by atoms with Crippen molar-refractivity contribution in [2.24, 2.45) is 0 Å². The van der Waals surface area contributed by atoms with Crippen LogP contribution in [0.3, 0.4) is 0 Å². The van der Waals surface area contributed by atoms with Crippen LogP contribution < -0.4 is 0 Å². The summed E-state index contributed by atoms with van der Waals surface area (Å²) >= 11 is 3.39. The van der Waals surface area contributed by atoms with Crippen LogP contribution >= 0.6 is 15.9 Å². The zero-order valence-corrected chi connectivity index (χ0v) is 17.1. The highest BCUT2D eigenvalue weighted by atomic mass is 79.9. The molecule has 0 bridgehead atoms. The minimum atomic E-state index is -1.21. The second kappa shape index (κ2) is 8.57. The molecule has 2 atom stereocenters. The zero-order valence-electron chi connectivity index (χ0n) is 15.5. The number of amides is 1. The molecule has 2 aromatic carbocycles. The largest absolute Gasteiger partial charge is 0.438 e. The average Bonchev–Trinajstić information content (AvgIpc) is 2.66. The first-order chi connectivity index (χ1) is 13.4. The van der Waals surface area contributed by atoms with Crippen LogP contribution in [0, 0.1) is 11.6 Å². The van der Waals surface area contributed by atoms with Gasteiger partial charge in [0, 0.05) is 35.7 Å². The first-order valence-electron chi connectivity index (χ1n) is 9.18. The van der Waals surface area contributed by atoms with Gasteiger partial charge < -0.3 is 14.7 Å². The standard InChI is InChI=1S/C21H22BrF2NO3/c1-14(15-3-5-16(22)6-4-15)25-11-10-21(9-2-12-26,28-20(25)27)18-8-7-17(23)13-19(18)24/h3-8,13-14,26H,2,9-12H2,1H3/t14-,21+/m0/s1. The Bertz CT molecular complexity index is 846. The fraction of sp³-hybridized carbons (Fsp3) is 0.381. The SMILES string of the molecule is C[C@@H](c1ccc(Br)cc1)N1CC[C@](CCCO)(c2ccc(F)cc2F)OC1=O. The van der Waals surface area contributed by atoms with Gasteiger partial charge in [0.15, 0.2) is 0 Å². The Hall–Kier alpha value is -1.99. The number of hydrogen-bond donors (Lipinski definition) is 1. The zero-order chi connectivity index (χ0) is 20.3. The third-order valence-corrected chi connectivity index (χ3v) is 5.78. The minimum absolute atomic E-state index is 0.110. The van der Waals surface area contributed by atoms with Gasteiger partial charge in [0.2, 0.25) is 0 Å². The van der Waals surface area contributed by atoms with Crippen LogP contribution in [0.25, 0.3) is 0 Å². The second-order valence-corrected chi connectivity index (χ2v) is 7.90. The number of carbonyl (C=O) groups is 1. The van der Waals surface area contributed by atoms with Crippen molar-refractivity contribution >= 4 is 22.0 Å². The van der Waals surface area contributed by atoms with E-state index < -0.39 is 23.3 Å². The summed E-state index contributed by atoms with van der Waals surface area (Å²) in [6, 6.07) is 10.7. The number of aliphatic hydroxyl groups is 1. The summed E-state index contributed by atoms with van der Waals surface area (Å²) in [5, 5.41) is 9.24. The summed E-state index contributed by atoms with van der Waals surface area (Å²) in [7, 11) is 0. The average molecular weight is 454 g/mol. The van der Waals surface area contributed by atoms with Gasteiger partial charge in [-0.15, -0.1) is 0 Å². The van der Waals surface area contributed by atoms with Gasteiger partial charge in [-0.25, -0.2) is 13.6 Å². The quantitative estimate of drug-likeness (QED) is 0.645. The molecule has 2 aromatic rings. The summed E-state index contributed by atoms with van der Waals surface area (Å²) in [5.74, 6) is -1.44. The molecule has 28 heavy (non-hydrogen) atoms. The number of benzene rings is 2. The van der Waals surface area contributed by atoms with E-state index in [1.165, 1.54) is 6.07 Å². The highest BCUT2D eigenvalue weighted by molar-refractivity contribution is 9.10. The van der Waals surface area contributed by atoms with Crippen molar-refractivity contribution in [2.45, 2.75) is 37.8 Å². The van der Waals surface area contributed by atoms with Crippen LogP contribution in [0.2, 0.25) is 0 Å². The number of rotatable bonds is 6. The Kier molecular flexibility index (Phi) is 6.35. The van der Waals surface area contributed by atoms with Crippen molar-refractivity contribution in [3.8, 4) is 0 Å². The Balaban J connectivity index is 1.86. The number of cyclic esters (lactones) is 1. The van der Waals surface area contributed by atoms with Gasteiger partial charge >= 0.3 is 6.09 Å². The number of aliphatic hydroxyl groups excluding tert-OH is 1. The molecule has 0 saturated carbocycles. The number of carbonyl (C=O) groups excluding carboxylic acids is 1. The first kappa shape index (κ1) is 20.7. The van der Waals surface area contributed by atoms with Crippen molar-refractivity contribution in [3.63, 3.8) is 0 Å². The van der Waals surface area contributed by atoms with Gasteiger partial charge in [-0.2, -0.15) is 0 Å². The van der Waals surface area contributed by atoms with E-state index in [0.717, 1.165) is 22.2 Å². The molecule has 1 aliphatic rings. The molecule has 1 heterocycles. The van der Waals surface area contributed by atoms with Gasteiger partial charge in [0.05, 0.1) is 6.04 Å². The summed E-state index contributed by atoms with van der Waals surface area (Å²) in [5.41, 5.74) is -0.115. The van der Waals surface area contributed by atoms with Crippen molar-refractivity contribution in [1.29, 1.82) is 0 Å². The molecule has 0 spiro atoms. The van der Waals surface area contributed by atoms with E-state index in [1.807, 2.05) is 31.2 Å². The van der Waals surface area contributed by atoms with E-state index in [1.54, 1.807) is 4.90 Å². The van der Waals surface area contributed by atoms with Crippen LogP contribution in [0.1, 0.15) is 43.4 Å². The molecular formula is C21H22BrF2NO3. The molecule has 3 rings (SSSR count). The van der Waals surface area contributed by atoms with Crippen molar-refractivity contribution < 1.29 is 23.4 Å². The first-order valence-corrected chi connectivity index (χ1v) is 9.97. The summed E-state index contributed by atoms with van der Waals surface area (Å²) in [6.07, 6.45) is 0.399. The van der Waals surface area contributed by atoms with Crippen molar-refractivity contribution in [1.82, 2.24) is 4.90 Å². The highest BCUT2D eigenvalue weighted by Gasteiger charge is 2.44. The third kappa shape index (κ3) is 4.20. The topological polar surface area (TPSA) is 49.8 Å². The van der Waals surface area contributed by atoms with Gasteiger partial charge in [-0.05, 0) is 49.6 Å². The monoisotopic (exact) mass is 453 g/mol. The summed E-state index contributed by atoms with van der Waals surface area (Å²) in [4.78, 5) is 14.4. The molecule has 1 N–H and O–H groups in total. The lowest BCUT2D eigenvalue weighted by molar-refractivity contribution is -0.0697. The lowest BCUT2D eigenvalue weighted by atomic mass is 9.84. The molecule has 0 aromatic heterocycles. The summed E-state index contributed by atoms with van der Waals surface area (Å²) < 4.78 is 34.5. The Morgan fingerprint density at radius 1 is 1.25 bits per heavy atom. The van der Waals surface area contributed by atoms with Crippen LogP contribution in [0.5, 0.6) is 0 Å². The number of hydrogen-bond acceptors (Lipinski definition) is 3. The van der Waals surface area contributed by atoms with Crippen LogP contribution in [-0.2, 0) is 10.3 Å². The molecule has 150 valence electrons. The van der Waals surface area contributed by atoms with Crippen LogP contribution in [0.15, 0.2) is 46.9 Å². The van der Waals surface area contributed by atoms with E-state index in [0.29, 0.717) is 19.4 Å². The van der Waals surface area contributed by atoms with Crippen molar-refractivity contribution in [2.75, 3.05) is 13.2 Å². The molecule has 0 aliphatic carbocycles. The highest BCUT2D eigenvalue weighted by Crippen LogP contribution is 2.41. The number of nitrogens with zero attached hydrogens (tertiary/aromatic N) is 1. The molecule has 0 unspecified atom stereocenters. The van der Waals surface area contributed by atoms with E-state index in [4.69, 9.17) is 4.74 Å². The molecule has 1 saturated heterocycles. The fourth-order valence-corrected chi connectivity index (χ4v) is 3.93. The predicted molar refractivity (Wildman–Crippen MR) is 105 cm³/mol. The molecular weight excluding hydrogens is 432 g/mol. The molecule has 1 aliphatic heterocycles. The Morgan fingerprint density at radius 3 is 2.57 bits per heavy atom. The maximum absolute atomic E-state index is 14.5. The third-order valence-electron chi connectivity index (χ3n) is 5.25. The van der Waals surface area contributed by atoms with Gasteiger partial charge in [-0.3, -0.25) is 0 Å². The maximum atomic E-state index is 14.5. The molecule has 7 heteroatoms. The molecule has 4 nitrogen and oxygen atoms in total. The van der Waals surface area contributed by atoms with Gasteiger partial charge in [-0.1, -0.05) is 28.1 Å². The lowest BCUT2D eigenvalue weighted by Gasteiger charge is -2.43. The minimum Gasteiger partial charge on any atom is -0.438 e. The van der Waals surface area contributed by atoms with E-state index in [-0.39, 0.29) is 24.6 Å². The number of ether oxygens (including phenoxy) is 1. The molecule has 1 amide bonds. The smallest absolute Gasteiger partial charge is 0.411 e. The lowest BCUT2D eigenvalue weighted by Crippen LogP contribution is -2.49. The van der Waals surface area contributed by atoms with Gasteiger partial charge in [0.25, 0.3) is 0 Å². The molecule has 1 fully saturated rings. The Morgan fingerprint density at radius 2 is 1.96 bits per heavy atom.